The number of carbonyl (C=O) groups excluding carboxylic acids is 1. The maximum atomic E-state index is 10.7. The van der Waals surface area contributed by atoms with Crippen LogP contribution in [-0.4, -0.2) is 24.1 Å². The Balaban J connectivity index is 2.10. The lowest BCUT2D eigenvalue weighted by molar-refractivity contribution is 0.112. The van der Waals surface area contributed by atoms with Gasteiger partial charge in [-0.15, -0.1) is 0 Å². The van der Waals surface area contributed by atoms with Gasteiger partial charge >= 0.3 is 0 Å². The van der Waals surface area contributed by atoms with E-state index in [1.165, 1.54) is 5.52 Å². The highest BCUT2D eigenvalue weighted by Crippen LogP contribution is 2.17. The Kier molecular flexibility index (Phi) is 3.94. The van der Waals surface area contributed by atoms with Gasteiger partial charge in [0, 0.05) is 42.4 Å². The summed E-state index contributed by atoms with van der Waals surface area (Å²) in [5.74, 6) is 0. The molecular weight excluding hydrogens is 214 g/mol. The van der Waals surface area contributed by atoms with Crippen molar-refractivity contribution in [3.63, 3.8) is 0 Å². The predicted molar refractivity (Wildman–Crippen MR) is 68.4 cm³/mol. The molecule has 0 spiro atoms. The zero-order valence-corrected chi connectivity index (χ0v) is 10.1. The van der Waals surface area contributed by atoms with Crippen molar-refractivity contribution in [1.82, 2.24) is 4.57 Å². The van der Waals surface area contributed by atoms with E-state index in [1.54, 1.807) is 0 Å². The minimum absolute atomic E-state index is 0.726. The molecule has 0 unspecified atom stereocenters. The fraction of sp³-hybridized carbons (Fsp3) is 0.357. The van der Waals surface area contributed by atoms with Crippen LogP contribution in [0.15, 0.2) is 30.5 Å². The van der Waals surface area contributed by atoms with Gasteiger partial charge in [-0.1, -0.05) is 0 Å². The zero-order chi connectivity index (χ0) is 12.1. The summed E-state index contributed by atoms with van der Waals surface area (Å²) in [7, 11) is 0. The van der Waals surface area contributed by atoms with E-state index in [2.05, 4.69) is 10.8 Å². The lowest BCUT2D eigenvalue weighted by Gasteiger charge is -2.05. The number of aromatic nitrogens is 1. The van der Waals surface area contributed by atoms with E-state index in [-0.39, 0.29) is 0 Å². The van der Waals surface area contributed by atoms with Crippen molar-refractivity contribution < 1.29 is 9.53 Å². The second kappa shape index (κ2) is 5.64. The summed E-state index contributed by atoms with van der Waals surface area (Å²) in [5.41, 5.74) is 1.90. The molecule has 0 bridgehead atoms. The second-order valence-electron chi connectivity index (χ2n) is 4.00. The third-order valence-electron chi connectivity index (χ3n) is 2.82. The van der Waals surface area contributed by atoms with Crippen LogP contribution < -0.4 is 0 Å². The number of carbonyl (C=O) groups is 1. The molecule has 0 atom stereocenters. The van der Waals surface area contributed by atoms with Crippen LogP contribution in [0.4, 0.5) is 0 Å². The molecule has 0 aliphatic carbocycles. The molecule has 3 heteroatoms. The van der Waals surface area contributed by atoms with Crippen molar-refractivity contribution >= 4 is 17.2 Å². The van der Waals surface area contributed by atoms with Crippen molar-refractivity contribution in [1.29, 1.82) is 0 Å². The summed E-state index contributed by atoms with van der Waals surface area (Å²) < 4.78 is 7.52. The maximum Gasteiger partial charge on any atom is 0.150 e. The zero-order valence-electron chi connectivity index (χ0n) is 10.1. The van der Waals surface area contributed by atoms with Gasteiger partial charge in [0.2, 0.25) is 0 Å². The van der Waals surface area contributed by atoms with Gasteiger partial charge in [0.05, 0.1) is 0 Å². The number of fused-ring (bicyclic) bond motifs is 1. The van der Waals surface area contributed by atoms with Crippen molar-refractivity contribution in [2.75, 3.05) is 13.2 Å². The number of rotatable bonds is 6. The van der Waals surface area contributed by atoms with E-state index in [0.717, 1.165) is 43.4 Å². The molecule has 1 aromatic carbocycles. The highest BCUT2D eigenvalue weighted by Gasteiger charge is 2.01. The van der Waals surface area contributed by atoms with Crippen LogP contribution in [0, 0.1) is 0 Å². The van der Waals surface area contributed by atoms with Crippen LogP contribution in [0.3, 0.4) is 0 Å². The second-order valence-corrected chi connectivity index (χ2v) is 4.00. The lowest BCUT2D eigenvalue weighted by Crippen LogP contribution is -2.01. The molecular formula is C14H17NO2. The van der Waals surface area contributed by atoms with Crippen molar-refractivity contribution in [2.24, 2.45) is 0 Å². The molecule has 0 N–H and O–H groups in total. The summed E-state index contributed by atoms with van der Waals surface area (Å²) in [5, 5.41) is 1.12. The van der Waals surface area contributed by atoms with Gasteiger partial charge < -0.3 is 9.30 Å². The Morgan fingerprint density at radius 1 is 1.35 bits per heavy atom. The number of benzene rings is 1. The smallest absolute Gasteiger partial charge is 0.150 e. The number of hydrogen-bond acceptors (Lipinski definition) is 2. The molecule has 0 aliphatic heterocycles. The standard InChI is InChI=1S/C14H17NO2/c1-2-17-9-3-7-15-8-6-13-10-12(11-16)4-5-14(13)15/h4-6,8,10-11H,2-3,7,9H2,1H3. The molecule has 0 saturated heterocycles. The topological polar surface area (TPSA) is 31.2 Å². The van der Waals surface area contributed by atoms with Gasteiger partial charge in [-0.25, -0.2) is 0 Å². The molecule has 0 amide bonds. The first kappa shape index (κ1) is 11.9. The van der Waals surface area contributed by atoms with Gasteiger partial charge in [-0.05, 0) is 37.6 Å². The van der Waals surface area contributed by atoms with Gasteiger partial charge in [0.25, 0.3) is 0 Å². The van der Waals surface area contributed by atoms with E-state index < -0.39 is 0 Å². The summed E-state index contributed by atoms with van der Waals surface area (Å²) >= 11 is 0. The molecule has 17 heavy (non-hydrogen) atoms. The Hall–Kier alpha value is -1.61. The molecule has 0 fully saturated rings. The maximum absolute atomic E-state index is 10.7. The minimum atomic E-state index is 0.726. The van der Waals surface area contributed by atoms with E-state index in [0.29, 0.717) is 0 Å². The Labute approximate surface area is 101 Å². The van der Waals surface area contributed by atoms with Crippen LogP contribution >= 0.6 is 0 Å². The number of aryl methyl sites for hydroxylation is 1. The molecule has 0 aliphatic rings. The summed E-state index contributed by atoms with van der Waals surface area (Å²) in [4.78, 5) is 10.7. The number of nitrogens with zero attached hydrogens (tertiary/aromatic N) is 1. The monoisotopic (exact) mass is 231 g/mol. The van der Waals surface area contributed by atoms with Crippen LogP contribution in [0.2, 0.25) is 0 Å². The number of hydrogen-bond donors (Lipinski definition) is 0. The summed E-state index contributed by atoms with van der Waals surface area (Å²) in [6, 6.07) is 7.82. The third-order valence-corrected chi connectivity index (χ3v) is 2.82. The van der Waals surface area contributed by atoms with Crippen LogP contribution in [-0.2, 0) is 11.3 Å². The number of ether oxygens (including phenoxy) is 1. The van der Waals surface area contributed by atoms with E-state index in [1.807, 2.05) is 31.2 Å². The molecule has 3 nitrogen and oxygen atoms in total. The van der Waals surface area contributed by atoms with Crippen molar-refractivity contribution in [3.8, 4) is 0 Å². The fourth-order valence-corrected chi connectivity index (χ4v) is 1.97. The molecule has 1 heterocycles. The average Bonchev–Trinajstić information content (AvgIpc) is 2.77. The lowest BCUT2D eigenvalue weighted by atomic mass is 10.2. The van der Waals surface area contributed by atoms with Crippen molar-refractivity contribution in [3.05, 3.63) is 36.0 Å². The highest BCUT2D eigenvalue weighted by molar-refractivity contribution is 5.87. The third kappa shape index (κ3) is 2.74. The molecule has 1 aromatic heterocycles. The Morgan fingerprint density at radius 3 is 3.00 bits per heavy atom. The normalized spacial score (nSPS) is 10.9. The van der Waals surface area contributed by atoms with Crippen LogP contribution in [0.5, 0.6) is 0 Å². The van der Waals surface area contributed by atoms with Crippen molar-refractivity contribution in [2.45, 2.75) is 19.9 Å². The largest absolute Gasteiger partial charge is 0.382 e. The molecule has 0 saturated carbocycles. The summed E-state index contributed by atoms with van der Waals surface area (Å²) in [6.07, 6.45) is 3.95. The first-order chi connectivity index (χ1) is 8.35. The average molecular weight is 231 g/mol. The van der Waals surface area contributed by atoms with Gasteiger partial charge in [0.15, 0.2) is 0 Å². The molecule has 90 valence electrons. The van der Waals surface area contributed by atoms with Crippen LogP contribution in [0.1, 0.15) is 23.7 Å². The van der Waals surface area contributed by atoms with Gasteiger partial charge in [-0.2, -0.15) is 0 Å². The van der Waals surface area contributed by atoms with Crippen LogP contribution in [0.25, 0.3) is 10.9 Å². The molecule has 2 aromatic rings. The Morgan fingerprint density at radius 2 is 2.24 bits per heavy atom. The first-order valence-corrected chi connectivity index (χ1v) is 5.97. The predicted octanol–water partition coefficient (Wildman–Crippen LogP) is 2.88. The van der Waals surface area contributed by atoms with E-state index in [4.69, 9.17) is 4.74 Å². The number of aldehydes is 1. The van der Waals surface area contributed by atoms with Gasteiger partial charge in [0.1, 0.15) is 6.29 Å². The quantitative estimate of drug-likeness (QED) is 0.565. The fourth-order valence-electron chi connectivity index (χ4n) is 1.97. The summed E-state index contributed by atoms with van der Waals surface area (Å²) in [6.45, 7) is 4.52. The van der Waals surface area contributed by atoms with E-state index >= 15 is 0 Å². The van der Waals surface area contributed by atoms with Gasteiger partial charge in [-0.3, -0.25) is 4.79 Å². The molecule has 2 rings (SSSR count). The first-order valence-electron chi connectivity index (χ1n) is 5.97. The SMILES string of the molecule is CCOCCCn1ccc2cc(C=O)ccc21. The Bertz CT molecular complexity index is 502. The van der Waals surface area contributed by atoms with E-state index in [9.17, 15) is 4.79 Å². The minimum Gasteiger partial charge on any atom is -0.382 e. The molecule has 0 radical (unpaired) electrons. The highest BCUT2D eigenvalue weighted by atomic mass is 16.5.